The summed E-state index contributed by atoms with van der Waals surface area (Å²) < 4.78 is 16.8. The van der Waals surface area contributed by atoms with Gasteiger partial charge in [-0.3, -0.25) is 14.4 Å². The second kappa shape index (κ2) is 52.2. The molecule has 0 radical (unpaired) electrons. The zero-order valence-corrected chi connectivity index (χ0v) is 41.8. The Balaban J connectivity index is 4.40. The Morgan fingerprint density at radius 3 is 0.953 bits per heavy atom. The lowest BCUT2D eigenvalue weighted by atomic mass is 10.0. The van der Waals surface area contributed by atoms with Gasteiger partial charge in [-0.05, 0) is 38.5 Å². The van der Waals surface area contributed by atoms with Gasteiger partial charge in [0.1, 0.15) is 13.2 Å². The number of carbonyl (C=O) groups is 3. The smallest absolute Gasteiger partial charge is 0.306 e. The molecule has 0 saturated heterocycles. The molecule has 6 nitrogen and oxygen atoms in total. The number of unbranched alkanes of at least 4 members (excludes halogenated alkanes) is 28. The molecule has 1 unspecified atom stereocenters. The molecule has 1 atom stereocenters. The summed E-state index contributed by atoms with van der Waals surface area (Å²) in [6.07, 6.45) is 67.1. The Labute approximate surface area is 395 Å². The Kier molecular flexibility index (Phi) is 49.4. The van der Waals surface area contributed by atoms with Gasteiger partial charge in [0.25, 0.3) is 0 Å². The largest absolute Gasteiger partial charge is 0.462 e. The molecule has 6 heteroatoms. The van der Waals surface area contributed by atoms with Crippen molar-refractivity contribution in [2.45, 2.75) is 252 Å². The van der Waals surface area contributed by atoms with E-state index in [1.54, 1.807) is 0 Å². The first-order valence-electron chi connectivity index (χ1n) is 26.7. The zero-order chi connectivity index (χ0) is 46.5. The summed E-state index contributed by atoms with van der Waals surface area (Å²) in [5.41, 5.74) is 0. The average Bonchev–Trinajstić information content (AvgIpc) is 3.29. The van der Waals surface area contributed by atoms with Gasteiger partial charge < -0.3 is 14.2 Å². The van der Waals surface area contributed by atoms with Crippen LogP contribution in [0.25, 0.3) is 0 Å². The number of hydrogen-bond donors (Lipinski definition) is 0. The maximum Gasteiger partial charge on any atom is 0.306 e. The zero-order valence-electron chi connectivity index (χ0n) is 41.8. The monoisotopic (exact) mass is 891 g/mol. The molecule has 0 aromatic heterocycles. The number of carbonyl (C=O) groups excluding carboxylic acids is 3. The molecule has 0 aromatic carbocycles. The third-order valence-electron chi connectivity index (χ3n) is 11.4. The van der Waals surface area contributed by atoms with E-state index in [0.717, 1.165) is 70.6 Å². The van der Waals surface area contributed by atoms with Crippen molar-refractivity contribution >= 4 is 17.9 Å². The molecule has 0 aliphatic heterocycles. The van der Waals surface area contributed by atoms with Crippen LogP contribution in [0.4, 0.5) is 0 Å². The van der Waals surface area contributed by atoms with Crippen LogP contribution in [-0.4, -0.2) is 37.2 Å². The van der Waals surface area contributed by atoms with Gasteiger partial charge in [-0.2, -0.15) is 0 Å². The van der Waals surface area contributed by atoms with Crippen LogP contribution in [0.1, 0.15) is 245 Å². The standard InChI is InChI=1S/C58H98O6/c1-4-7-10-13-16-19-21-23-25-27-29-31-32-34-36-39-42-45-48-51-57(60)63-54-55(53-62-56(59)50-47-44-41-38-18-15-12-9-6-3)64-58(61)52-49-46-43-40-37-35-33-30-28-26-24-22-20-17-14-11-8-5-2/h7,10,13,16,19,21,23,25,27,29,31-32,34,36,55H,4-6,8-9,11-12,14-15,17-18,20,22,24,26,28,30,33,35,37-54H2,1-3H3/b10-7-,16-13-,21-19-,25-23-,29-27+,32-31-,36-34-. The van der Waals surface area contributed by atoms with E-state index in [9.17, 15) is 14.4 Å². The Bertz CT molecular complexity index is 1250. The lowest BCUT2D eigenvalue weighted by Crippen LogP contribution is -2.30. The lowest BCUT2D eigenvalue weighted by Gasteiger charge is -2.18. The number of hydrogen-bond acceptors (Lipinski definition) is 6. The second-order valence-electron chi connectivity index (χ2n) is 17.6. The summed E-state index contributed by atoms with van der Waals surface area (Å²) in [5.74, 6) is -0.934. The number of ether oxygens (including phenoxy) is 3. The van der Waals surface area contributed by atoms with Crippen LogP contribution in [0, 0.1) is 0 Å². The summed E-state index contributed by atoms with van der Waals surface area (Å²) >= 11 is 0. The number of rotatable bonds is 47. The summed E-state index contributed by atoms with van der Waals surface area (Å²) in [6.45, 7) is 6.44. The Morgan fingerprint density at radius 2 is 0.609 bits per heavy atom. The first-order chi connectivity index (χ1) is 31.5. The fourth-order valence-corrected chi connectivity index (χ4v) is 7.37. The van der Waals surface area contributed by atoms with E-state index in [4.69, 9.17) is 14.2 Å². The maximum absolute atomic E-state index is 12.8. The van der Waals surface area contributed by atoms with Crippen LogP contribution in [-0.2, 0) is 28.6 Å². The fourth-order valence-electron chi connectivity index (χ4n) is 7.37. The molecule has 0 aliphatic carbocycles. The first kappa shape index (κ1) is 60.6. The van der Waals surface area contributed by atoms with E-state index in [-0.39, 0.29) is 31.1 Å². The highest BCUT2D eigenvalue weighted by molar-refractivity contribution is 5.71. The van der Waals surface area contributed by atoms with Crippen molar-refractivity contribution in [3.05, 3.63) is 85.1 Å². The van der Waals surface area contributed by atoms with Gasteiger partial charge in [0, 0.05) is 19.3 Å². The average molecular weight is 891 g/mol. The molecule has 0 amide bonds. The van der Waals surface area contributed by atoms with Crippen molar-refractivity contribution in [1.82, 2.24) is 0 Å². The van der Waals surface area contributed by atoms with E-state index in [1.807, 2.05) is 72.9 Å². The van der Waals surface area contributed by atoms with Gasteiger partial charge in [-0.15, -0.1) is 0 Å². The highest BCUT2D eigenvalue weighted by Gasteiger charge is 2.19. The van der Waals surface area contributed by atoms with Gasteiger partial charge in [-0.25, -0.2) is 0 Å². The third-order valence-corrected chi connectivity index (χ3v) is 11.4. The highest BCUT2D eigenvalue weighted by Crippen LogP contribution is 2.16. The minimum atomic E-state index is -0.791. The molecule has 0 spiro atoms. The van der Waals surface area contributed by atoms with Crippen molar-refractivity contribution in [2.75, 3.05) is 13.2 Å². The summed E-state index contributed by atoms with van der Waals surface area (Å²) in [4.78, 5) is 37.9. The molecule has 366 valence electrons. The van der Waals surface area contributed by atoms with Gasteiger partial charge in [-0.1, -0.05) is 273 Å². The van der Waals surface area contributed by atoms with Crippen LogP contribution >= 0.6 is 0 Å². The molecule has 0 heterocycles. The van der Waals surface area contributed by atoms with Gasteiger partial charge in [0.2, 0.25) is 0 Å². The Morgan fingerprint density at radius 1 is 0.328 bits per heavy atom. The van der Waals surface area contributed by atoms with Crippen LogP contribution in [0.5, 0.6) is 0 Å². The van der Waals surface area contributed by atoms with Gasteiger partial charge in [0.15, 0.2) is 6.10 Å². The van der Waals surface area contributed by atoms with Crippen LogP contribution < -0.4 is 0 Å². The molecule has 64 heavy (non-hydrogen) atoms. The molecule has 0 aromatic rings. The predicted octanol–water partition coefficient (Wildman–Crippen LogP) is 17.6. The van der Waals surface area contributed by atoms with Gasteiger partial charge in [0.05, 0.1) is 0 Å². The van der Waals surface area contributed by atoms with Crippen molar-refractivity contribution in [2.24, 2.45) is 0 Å². The third kappa shape index (κ3) is 49.6. The molecular weight excluding hydrogens is 793 g/mol. The van der Waals surface area contributed by atoms with Crippen molar-refractivity contribution in [1.29, 1.82) is 0 Å². The van der Waals surface area contributed by atoms with Crippen molar-refractivity contribution < 1.29 is 28.6 Å². The molecule has 0 rings (SSSR count). The summed E-state index contributed by atoms with van der Waals surface area (Å²) in [7, 11) is 0. The minimum absolute atomic E-state index is 0.0890. The van der Waals surface area contributed by atoms with Gasteiger partial charge >= 0.3 is 17.9 Å². The SMILES string of the molecule is CC\C=C/C=C\C=C/C=C\C=C\C=C/C=C\CCCCCC(=O)OCC(COC(=O)CCCCCCCCCCC)OC(=O)CCCCCCCCCCCCCCCCCCCC. The fraction of sp³-hybridized carbons (Fsp3) is 0.707. The van der Waals surface area contributed by atoms with E-state index in [2.05, 4.69) is 32.9 Å². The topological polar surface area (TPSA) is 78.9 Å². The predicted molar refractivity (Wildman–Crippen MR) is 274 cm³/mol. The summed E-state index contributed by atoms with van der Waals surface area (Å²) in [5, 5.41) is 0. The normalized spacial score (nSPS) is 12.7. The molecule has 0 bridgehead atoms. The van der Waals surface area contributed by atoms with E-state index in [1.165, 1.54) is 135 Å². The highest BCUT2D eigenvalue weighted by atomic mass is 16.6. The van der Waals surface area contributed by atoms with E-state index >= 15 is 0 Å². The summed E-state index contributed by atoms with van der Waals surface area (Å²) in [6, 6.07) is 0. The molecule has 0 aliphatic rings. The van der Waals surface area contributed by atoms with Crippen molar-refractivity contribution in [3.63, 3.8) is 0 Å². The first-order valence-corrected chi connectivity index (χ1v) is 26.7. The number of allylic oxidation sites excluding steroid dienone is 14. The molecule has 0 saturated carbocycles. The van der Waals surface area contributed by atoms with E-state index in [0.29, 0.717) is 19.3 Å². The molecular formula is C58H98O6. The second-order valence-corrected chi connectivity index (χ2v) is 17.6. The van der Waals surface area contributed by atoms with Crippen molar-refractivity contribution in [3.8, 4) is 0 Å². The number of esters is 3. The Hall–Kier alpha value is -3.41. The maximum atomic E-state index is 12.8. The molecule has 0 N–H and O–H groups in total. The van der Waals surface area contributed by atoms with E-state index < -0.39 is 6.10 Å². The lowest BCUT2D eigenvalue weighted by molar-refractivity contribution is -0.167. The van der Waals surface area contributed by atoms with Crippen LogP contribution in [0.2, 0.25) is 0 Å². The van der Waals surface area contributed by atoms with Crippen LogP contribution in [0.15, 0.2) is 85.1 Å². The minimum Gasteiger partial charge on any atom is -0.462 e. The quantitative estimate of drug-likeness (QED) is 0.0262. The van der Waals surface area contributed by atoms with Crippen LogP contribution in [0.3, 0.4) is 0 Å². The molecule has 0 fully saturated rings.